The van der Waals surface area contributed by atoms with E-state index in [-0.39, 0.29) is 0 Å². The summed E-state index contributed by atoms with van der Waals surface area (Å²) in [6, 6.07) is 10.1. The summed E-state index contributed by atoms with van der Waals surface area (Å²) in [5.41, 5.74) is 4.43. The summed E-state index contributed by atoms with van der Waals surface area (Å²) in [6.45, 7) is 9.94. The molecule has 0 amide bonds. The minimum absolute atomic E-state index is 0.706. The first kappa shape index (κ1) is 14.5. The van der Waals surface area contributed by atoms with Crippen LogP contribution >= 0.6 is 0 Å². The highest BCUT2D eigenvalue weighted by molar-refractivity contribution is 5.41. The summed E-state index contributed by atoms with van der Waals surface area (Å²) in [5, 5.41) is 3.35. The molecule has 1 aromatic carbocycles. The molecule has 0 bridgehead atoms. The number of ether oxygens (including phenoxy) is 1. The number of aryl methyl sites for hydroxylation is 3. The predicted molar refractivity (Wildman–Crippen MR) is 82.3 cm³/mol. The molecule has 0 unspecified atom stereocenters. The molecule has 0 aliphatic heterocycles. The van der Waals surface area contributed by atoms with Gasteiger partial charge in [-0.15, -0.1) is 0 Å². The first-order chi connectivity index (χ1) is 9.61. The van der Waals surface area contributed by atoms with Crippen molar-refractivity contribution < 1.29 is 4.74 Å². The first-order valence-corrected chi connectivity index (χ1v) is 7.03. The van der Waals surface area contributed by atoms with Crippen molar-refractivity contribution in [2.75, 3.05) is 6.54 Å². The molecule has 3 nitrogen and oxygen atoms in total. The number of rotatable bonds is 5. The van der Waals surface area contributed by atoms with Gasteiger partial charge < -0.3 is 10.1 Å². The van der Waals surface area contributed by atoms with Gasteiger partial charge in [0.15, 0.2) is 0 Å². The van der Waals surface area contributed by atoms with E-state index >= 15 is 0 Å². The van der Waals surface area contributed by atoms with Crippen molar-refractivity contribution in [3.63, 3.8) is 0 Å². The fourth-order valence-electron chi connectivity index (χ4n) is 2.15. The number of nitrogens with zero attached hydrogens (tertiary/aromatic N) is 1. The zero-order chi connectivity index (χ0) is 14.5. The number of pyridine rings is 1. The number of hydrogen-bond donors (Lipinski definition) is 1. The first-order valence-electron chi connectivity index (χ1n) is 7.03. The Labute approximate surface area is 121 Å². The number of aromatic nitrogens is 1. The highest BCUT2D eigenvalue weighted by Gasteiger charge is 2.11. The topological polar surface area (TPSA) is 34.2 Å². The van der Waals surface area contributed by atoms with Gasteiger partial charge in [0.1, 0.15) is 5.75 Å². The van der Waals surface area contributed by atoms with Crippen molar-refractivity contribution >= 4 is 0 Å². The van der Waals surface area contributed by atoms with E-state index < -0.39 is 0 Å². The van der Waals surface area contributed by atoms with Crippen molar-refractivity contribution in [3.05, 3.63) is 52.7 Å². The van der Waals surface area contributed by atoms with Gasteiger partial charge >= 0.3 is 0 Å². The average Bonchev–Trinajstić information content (AvgIpc) is 2.40. The number of nitrogens with one attached hydrogen (secondary N) is 1. The van der Waals surface area contributed by atoms with Gasteiger partial charge in [0, 0.05) is 17.8 Å². The molecule has 0 spiro atoms. The molecule has 0 saturated carbocycles. The highest BCUT2D eigenvalue weighted by atomic mass is 16.5. The second-order valence-electron chi connectivity index (χ2n) is 5.01. The monoisotopic (exact) mass is 270 g/mol. The van der Waals surface area contributed by atoms with Gasteiger partial charge in [-0.25, -0.2) is 4.98 Å². The smallest absolute Gasteiger partial charge is 0.224 e. The van der Waals surface area contributed by atoms with Crippen LogP contribution in [0.1, 0.15) is 29.3 Å². The highest BCUT2D eigenvalue weighted by Crippen LogP contribution is 2.28. The Morgan fingerprint density at radius 1 is 1.10 bits per heavy atom. The third-order valence-corrected chi connectivity index (χ3v) is 3.29. The van der Waals surface area contributed by atoms with Gasteiger partial charge in [0.25, 0.3) is 0 Å². The summed E-state index contributed by atoms with van der Waals surface area (Å²) >= 11 is 0. The normalized spacial score (nSPS) is 10.6. The van der Waals surface area contributed by atoms with Crippen LogP contribution in [-0.2, 0) is 6.54 Å². The maximum Gasteiger partial charge on any atom is 0.224 e. The van der Waals surface area contributed by atoms with Crippen molar-refractivity contribution in [2.24, 2.45) is 0 Å². The molecule has 3 heteroatoms. The predicted octanol–water partition coefficient (Wildman–Crippen LogP) is 3.91. The number of hydrogen-bond acceptors (Lipinski definition) is 3. The summed E-state index contributed by atoms with van der Waals surface area (Å²) in [7, 11) is 0. The summed E-state index contributed by atoms with van der Waals surface area (Å²) in [5.74, 6) is 1.57. The quantitative estimate of drug-likeness (QED) is 0.894. The van der Waals surface area contributed by atoms with Gasteiger partial charge in [0.05, 0.1) is 0 Å². The minimum atomic E-state index is 0.706. The molecular formula is C17H22N2O. The van der Waals surface area contributed by atoms with Crippen LogP contribution in [0.5, 0.6) is 11.6 Å². The zero-order valence-electron chi connectivity index (χ0n) is 12.7. The standard InChI is InChI=1S/C17H22N2O/c1-5-18-11-15-13(3)10-14(4)19-17(15)20-16-9-7-6-8-12(16)2/h6-10,18H,5,11H2,1-4H3. The molecule has 0 aliphatic carbocycles. The Kier molecular flexibility index (Phi) is 4.74. The van der Waals surface area contributed by atoms with E-state index in [1.165, 1.54) is 5.56 Å². The van der Waals surface area contributed by atoms with Crippen molar-refractivity contribution in [2.45, 2.75) is 34.2 Å². The lowest BCUT2D eigenvalue weighted by atomic mass is 10.1. The fourth-order valence-corrected chi connectivity index (χ4v) is 2.15. The maximum atomic E-state index is 6.05. The van der Waals surface area contributed by atoms with Crippen LogP contribution in [0.2, 0.25) is 0 Å². The second kappa shape index (κ2) is 6.53. The molecule has 0 fully saturated rings. The molecule has 2 rings (SSSR count). The summed E-state index contributed by atoms with van der Waals surface area (Å²) in [4.78, 5) is 4.56. The molecule has 106 valence electrons. The molecule has 1 aromatic heterocycles. The Bertz CT molecular complexity index is 594. The third-order valence-electron chi connectivity index (χ3n) is 3.29. The average molecular weight is 270 g/mol. The van der Waals surface area contributed by atoms with Crippen LogP contribution in [0.15, 0.2) is 30.3 Å². The Morgan fingerprint density at radius 2 is 1.85 bits per heavy atom. The Morgan fingerprint density at radius 3 is 2.55 bits per heavy atom. The van der Waals surface area contributed by atoms with Gasteiger partial charge in [0.2, 0.25) is 5.88 Å². The Hall–Kier alpha value is -1.87. The van der Waals surface area contributed by atoms with Gasteiger partial charge in [-0.1, -0.05) is 25.1 Å². The van der Waals surface area contributed by atoms with E-state index in [2.05, 4.69) is 30.2 Å². The molecular weight excluding hydrogens is 248 g/mol. The second-order valence-corrected chi connectivity index (χ2v) is 5.01. The van der Waals surface area contributed by atoms with Crippen LogP contribution in [0.4, 0.5) is 0 Å². The van der Waals surface area contributed by atoms with E-state index in [0.29, 0.717) is 5.88 Å². The molecule has 2 aromatic rings. The molecule has 0 radical (unpaired) electrons. The summed E-state index contributed by atoms with van der Waals surface area (Å²) in [6.07, 6.45) is 0. The van der Waals surface area contributed by atoms with Crippen LogP contribution in [0.3, 0.4) is 0 Å². The van der Waals surface area contributed by atoms with Crippen LogP contribution in [0.25, 0.3) is 0 Å². The summed E-state index contributed by atoms with van der Waals surface area (Å²) < 4.78 is 6.05. The number of para-hydroxylation sites is 1. The fraction of sp³-hybridized carbons (Fsp3) is 0.353. The molecule has 0 aliphatic rings. The molecule has 20 heavy (non-hydrogen) atoms. The van der Waals surface area contributed by atoms with Gasteiger partial charge in [-0.3, -0.25) is 0 Å². The van der Waals surface area contributed by atoms with Crippen LogP contribution in [0, 0.1) is 20.8 Å². The molecule has 1 N–H and O–H groups in total. The molecule has 0 saturated heterocycles. The lowest BCUT2D eigenvalue weighted by Crippen LogP contribution is -2.14. The SMILES string of the molecule is CCNCc1c(C)cc(C)nc1Oc1ccccc1C. The van der Waals surface area contributed by atoms with Gasteiger partial charge in [-0.2, -0.15) is 0 Å². The number of benzene rings is 1. The molecule has 1 heterocycles. The van der Waals surface area contributed by atoms with E-state index in [9.17, 15) is 0 Å². The van der Waals surface area contributed by atoms with Crippen molar-refractivity contribution in [1.29, 1.82) is 0 Å². The van der Waals surface area contributed by atoms with Crippen LogP contribution < -0.4 is 10.1 Å². The zero-order valence-corrected chi connectivity index (χ0v) is 12.7. The van der Waals surface area contributed by atoms with E-state index in [4.69, 9.17) is 4.74 Å². The maximum absolute atomic E-state index is 6.05. The van der Waals surface area contributed by atoms with E-state index in [1.807, 2.05) is 38.1 Å². The Balaban J connectivity index is 2.37. The molecule has 0 atom stereocenters. The largest absolute Gasteiger partial charge is 0.438 e. The van der Waals surface area contributed by atoms with Crippen molar-refractivity contribution in [3.8, 4) is 11.6 Å². The lowest BCUT2D eigenvalue weighted by molar-refractivity contribution is 0.448. The van der Waals surface area contributed by atoms with Gasteiger partial charge in [-0.05, 0) is 50.6 Å². The third kappa shape index (κ3) is 3.36. The van der Waals surface area contributed by atoms with Crippen LogP contribution in [-0.4, -0.2) is 11.5 Å². The van der Waals surface area contributed by atoms with Crippen molar-refractivity contribution in [1.82, 2.24) is 10.3 Å². The minimum Gasteiger partial charge on any atom is -0.438 e. The van der Waals surface area contributed by atoms with E-state index in [1.54, 1.807) is 0 Å². The van der Waals surface area contributed by atoms with E-state index in [0.717, 1.165) is 35.7 Å². The lowest BCUT2D eigenvalue weighted by Gasteiger charge is -2.15.